The second-order valence-electron chi connectivity index (χ2n) is 11.5. The van der Waals surface area contributed by atoms with E-state index in [4.69, 9.17) is 4.74 Å². The fourth-order valence-corrected chi connectivity index (χ4v) is 5.63. The zero-order chi connectivity index (χ0) is 29.4. The summed E-state index contributed by atoms with van der Waals surface area (Å²) in [7, 11) is 0. The highest BCUT2D eigenvalue weighted by Gasteiger charge is 2.46. The van der Waals surface area contributed by atoms with Crippen LogP contribution >= 0.6 is 0 Å². The van der Waals surface area contributed by atoms with Gasteiger partial charge in [-0.05, 0) is 89.6 Å². The Bertz CT molecular complexity index is 1370. The maximum atomic E-state index is 13.5. The van der Waals surface area contributed by atoms with Crippen molar-refractivity contribution in [2.24, 2.45) is 0 Å². The summed E-state index contributed by atoms with van der Waals surface area (Å²) in [6, 6.07) is 4.47. The van der Waals surface area contributed by atoms with E-state index in [0.29, 0.717) is 35.3 Å². The van der Waals surface area contributed by atoms with Gasteiger partial charge in [-0.3, -0.25) is 4.79 Å². The third-order valence-corrected chi connectivity index (χ3v) is 7.89. The summed E-state index contributed by atoms with van der Waals surface area (Å²) in [6.45, 7) is 9.77. The van der Waals surface area contributed by atoms with Gasteiger partial charge in [0.1, 0.15) is 22.8 Å². The Hall–Kier alpha value is -3.78. The second kappa shape index (κ2) is 11.4. The first-order valence-electron chi connectivity index (χ1n) is 13.7. The second-order valence-corrected chi connectivity index (χ2v) is 11.5. The number of ether oxygens (including phenoxy) is 1. The molecule has 0 saturated carbocycles. The van der Waals surface area contributed by atoms with Crippen LogP contribution < -0.4 is 4.74 Å². The molecule has 0 aromatic heterocycles. The number of hydrogen-bond acceptors (Lipinski definition) is 6. The van der Waals surface area contributed by atoms with Crippen LogP contribution in [0.4, 0.5) is 0 Å². The van der Waals surface area contributed by atoms with E-state index in [1.807, 2.05) is 6.92 Å². The third kappa shape index (κ3) is 5.87. The fourth-order valence-electron chi connectivity index (χ4n) is 5.63. The highest BCUT2D eigenvalue weighted by molar-refractivity contribution is 6.02. The molecule has 4 rings (SSSR count). The van der Waals surface area contributed by atoms with E-state index in [2.05, 4.69) is 32.9 Å². The molecule has 214 valence electrons. The summed E-state index contributed by atoms with van der Waals surface area (Å²) in [5.74, 6) is -1.71. The van der Waals surface area contributed by atoms with E-state index in [1.54, 1.807) is 13.0 Å². The zero-order valence-electron chi connectivity index (χ0n) is 23.8. The van der Waals surface area contributed by atoms with Crippen molar-refractivity contribution in [2.45, 2.75) is 91.0 Å². The first kappa shape index (κ1) is 29.2. The lowest BCUT2D eigenvalue weighted by Crippen LogP contribution is -2.49. The predicted octanol–water partition coefficient (Wildman–Crippen LogP) is 5.72. The highest BCUT2D eigenvalue weighted by atomic mass is 16.5. The molecular weight excluding hydrogens is 510 g/mol. The highest BCUT2D eigenvalue weighted by Crippen LogP contribution is 2.47. The van der Waals surface area contributed by atoms with Gasteiger partial charge in [-0.15, -0.1) is 0 Å². The SMILES string of the molecule is CC(C)=CCC/C(C)=C/CCC1(C)Oc2c(c(O)cc3c2CN(C(C(=O)O)c2cc(C)cc(O)c2)C3=O)CC1O. The van der Waals surface area contributed by atoms with E-state index in [-0.39, 0.29) is 35.6 Å². The van der Waals surface area contributed by atoms with Crippen molar-refractivity contribution < 1.29 is 34.8 Å². The first-order valence-corrected chi connectivity index (χ1v) is 13.7. The Morgan fingerprint density at radius 1 is 1.12 bits per heavy atom. The zero-order valence-corrected chi connectivity index (χ0v) is 23.8. The summed E-state index contributed by atoms with van der Waals surface area (Å²) in [4.78, 5) is 27.1. The molecule has 1 amide bonds. The predicted molar refractivity (Wildman–Crippen MR) is 152 cm³/mol. The number of benzene rings is 2. The van der Waals surface area contributed by atoms with Crippen molar-refractivity contribution in [3.8, 4) is 17.2 Å². The third-order valence-electron chi connectivity index (χ3n) is 7.89. The number of fused-ring (bicyclic) bond motifs is 3. The van der Waals surface area contributed by atoms with Gasteiger partial charge >= 0.3 is 5.97 Å². The molecule has 0 saturated heterocycles. The summed E-state index contributed by atoms with van der Waals surface area (Å²) >= 11 is 0. The molecule has 2 aliphatic rings. The molecule has 8 nitrogen and oxygen atoms in total. The lowest BCUT2D eigenvalue weighted by molar-refractivity contribution is -0.142. The molecular formula is C32H39NO7. The molecule has 3 atom stereocenters. The molecule has 0 fully saturated rings. The fraction of sp³-hybridized carbons (Fsp3) is 0.438. The Morgan fingerprint density at radius 2 is 1.85 bits per heavy atom. The van der Waals surface area contributed by atoms with Gasteiger partial charge in [-0.25, -0.2) is 4.79 Å². The van der Waals surface area contributed by atoms with Gasteiger partial charge in [0.15, 0.2) is 6.04 Å². The molecule has 0 spiro atoms. The molecule has 2 heterocycles. The van der Waals surface area contributed by atoms with Crippen LogP contribution in [-0.2, 0) is 17.8 Å². The number of carbonyl (C=O) groups excluding carboxylic acids is 1. The molecule has 4 N–H and O–H groups in total. The van der Waals surface area contributed by atoms with Gasteiger partial charge in [0, 0.05) is 17.5 Å². The van der Waals surface area contributed by atoms with Crippen LogP contribution in [0, 0.1) is 6.92 Å². The molecule has 2 aromatic carbocycles. The van der Waals surface area contributed by atoms with Crippen LogP contribution in [-0.4, -0.2) is 48.9 Å². The molecule has 2 aromatic rings. The van der Waals surface area contributed by atoms with Crippen LogP contribution in [0.25, 0.3) is 0 Å². The number of phenolic OH excluding ortho intramolecular Hbond substituents is 2. The van der Waals surface area contributed by atoms with Gasteiger partial charge in [0.05, 0.1) is 18.2 Å². The topological polar surface area (TPSA) is 128 Å². The maximum Gasteiger partial charge on any atom is 0.331 e. The summed E-state index contributed by atoms with van der Waals surface area (Å²) in [5.41, 5.74) is 3.60. The summed E-state index contributed by atoms with van der Waals surface area (Å²) in [6.07, 6.45) is 6.78. The maximum absolute atomic E-state index is 13.5. The lowest BCUT2D eigenvalue weighted by atomic mass is 9.84. The van der Waals surface area contributed by atoms with Gasteiger partial charge < -0.3 is 30.1 Å². The molecule has 0 bridgehead atoms. The number of aryl methyl sites for hydroxylation is 1. The number of allylic oxidation sites excluding steroid dienone is 4. The number of phenols is 2. The smallest absolute Gasteiger partial charge is 0.331 e. The number of rotatable bonds is 9. The number of aromatic hydroxyl groups is 2. The quantitative estimate of drug-likeness (QED) is 0.295. The monoisotopic (exact) mass is 549 g/mol. The molecule has 40 heavy (non-hydrogen) atoms. The normalized spacial score (nSPS) is 20.9. The summed E-state index contributed by atoms with van der Waals surface area (Å²) < 4.78 is 6.42. The van der Waals surface area contributed by atoms with Crippen LogP contribution in [0.1, 0.15) is 92.0 Å². The van der Waals surface area contributed by atoms with Crippen molar-refractivity contribution >= 4 is 11.9 Å². The van der Waals surface area contributed by atoms with Gasteiger partial charge in [0.25, 0.3) is 5.91 Å². The van der Waals surface area contributed by atoms with E-state index in [0.717, 1.165) is 12.8 Å². The number of aliphatic hydroxyl groups is 1. The average Bonchev–Trinajstić information content (AvgIpc) is 3.15. The Labute approximate surface area is 235 Å². The summed E-state index contributed by atoms with van der Waals surface area (Å²) in [5, 5.41) is 42.0. The van der Waals surface area contributed by atoms with Crippen molar-refractivity contribution in [3.05, 3.63) is 75.4 Å². The van der Waals surface area contributed by atoms with Crippen LogP contribution in [0.3, 0.4) is 0 Å². The first-order chi connectivity index (χ1) is 18.8. The number of nitrogens with zero attached hydrogens (tertiary/aromatic N) is 1. The van der Waals surface area contributed by atoms with E-state index >= 15 is 0 Å². The standard InChI is InChI=1S/C32H39NO7/c1-18(2)8-6-9-19(3)10-7-11-32(5)27(36)16-24-26(35)15-23-25(29(24)40-32)17-33(30(23)37)28(31(38)39)21-12-20(4)13-22(34)14-21/h8,10,12-15,27-28,34-36H,6-7,9,11,16-17H2,1-5H3,(H,38,39)/b19-10+. The van der Waals surface area contributed by atoms with Crippen molar-refractivity contribution in [3.63, 3.8) is 0 Å². The molecule has 8 heteroatoms. The van der Waals surface area contributed by atoms with Gasteiger partial charge in [0.2, 0.25) is 0 Å². The number of carboxylic acid groups (broad SMARTS) is 1. The van der Waals surface area contributed by atoms with Crippen molar-refractivity contribution in [1.29, 1.82) is 0 Å². The van der Waals surface area contributed by atoms with E-state index in [9.17, 15) is 30.0 Å². The minimum absolute atomic E-state index is 0.0437. The molecule has 2 aliphatic heterocycles. The Kier molecular flexibility index (Phi) is 8.30. The minimum atomic E-state index is -1.34. The van der Waals surface area contributed by atoms with E-state index < -0.39 is 29.6 Å². The van der Waals surface area contributed by atoms with Gasteiger partial charge in [-0.1, -0.05) is 29.4 Å². The molecule has 0 radical (unpaired) electrons. The van der Waals surface area contributed by atoms with Crippen LogP contribution in [0.15, 0.2) is 47.6 Å². The van der Waals surface area contributed by atoms with Gasteiger partial charge in [-0.2, -0.15) is 0 Å². The Morgan fingerprint density at radius 3 is 2.50 bits per heavy atom. The Balaban J connectivity index is 1.61. The van der Waals surface area contributed by atoms with Crippen molar-refractivity contribution in [1.82, 2.24) is 4.90 Å². The lowest BCUT2D eigenvalue weighted by Gasteiger charge is -2.41. The number of aliphatic carboxylic acids is 1. The number of carbonyl (C=O) groups is 2. The molecule has 0 aliphatic carbocycles. The van der Waals surface area contributed by atoms with Crippen molar-refractivity contribution in [2.75, 3.05) is 0 Å². The van der Waals surface area contributed by atoms with Crippen LogP contribution in [0.5, 0.6) is 17.2 Å². The number of amides is 1. The largest absolute Gasteiger partial charge is 0.508 e. The number of hydrogen-bond donors (Lipinski definition) is 4. The minimum Gasteiger partial charge on any atom is -0.508 e. The number of aliphatic hydroxyl groups excluding tert-OH is 1. The average molecular weight is 550 g/mol. The number of carboxylic acids is 1. The van der Waals surface area contributed by atoms with Crippen LogP contribution in [0.2, 0.25) is 0 Å². The van der Waals surface area contributed by atoms with E-state index in [1.165, 1.54) is 34.2 Å². The molecule has 3 unspecified atom stereocenters.